The molecule has 0 bridgehead atoms. The van der Waals surface area contributed by atoms with Gasteiger partial charge in [0.1, 0.15) is 0 Å². The maximum absolute atomic E-state index is 4.51. The molecule has 0 radical (unpaired) electrons. The second-order valence-electron chi connectivity index (χ2n) is 4.09. The van der Waals surface area contributed by atoms with Crippen LogP contribution in [0.3, 0.4) is 0 Å². The topological polar surface area (TPSA) is 50.7 Å². The second kappa shape index (κ2) is 5.10. The van der Waals surface area contributed by atoms with Crippen molar-refractivity contribution in [1.82, 2.24) is 15.2 Å². The number of rotatable bonds is 4. The molecule has 2 heterocycles. The van der Waals surface area contributed by atoms with Crippen LogP contribution < -0.4 is 5.32 Å². The Morgan fingerprint density at radius 3 is 2.59 bits per heavy atom. The summed E-state index contributed by atoms with van der Waals surface area (Å²) in [6.07, 6.45) is 0.974. The number of hydrogen-bond donors (Lipinski definition) is 1. The zero-order valence-electron chi connectivity index (χ0n) is 10.4. The van der Waals surface area contributed by atoms with E-state index in [4.69, 9.17) is 0 Å². The predicted molar refractivity (Wildman–Crippen MR) is 73.9 cm³/mol. The molecule has 0 aromatic carbocycles. The maximum Gasteiger partial charge on any atom is 0.206 e. The number of thiazole rings is 1. The molecule has 0 aliphatic carbocycles. The Morgan fingerprint density at radius 2 is 2.00 bits per heavy atom. The molecular weight excluding hydrogens is 252 g/mol. The normalized spacial score (nSPS) is 11.1. The third kappa shape index (κ3) is 2.81. The van der Waals surface area contributed by atoms with E-state index in [-0.39, 0.29) is 0 Å². The highest BCUT2D eigenvalue weighted by Crippen LogP contribution is 2.33. The summed E-state index contributed by atoms with van der Waals surface area (Å²) in [6, 6.07) is 0.379. The first-order chi connectivity index (χ1) is 8.10. The van der Waals surface area contributed by atoms with Gasteiger partial charge in [0.05, 0.1) is 15.6 Å². The minimum absolute atomic E-state index is 0.379. The van der Waals surface area contributed by atoms with Gasteiger partial charge in [-0.15, -0.1) is 21.5 Å². The standard InChI is InChI=1S/C11H16N4S2/c1-5-8-13-7(4)9(16-8)10-14-15-11(17-10)12-6(2)3/h6H,5H2,1-4H3,(H,12,15). The number of anilines is 1. The highest BCUT2D eigenvalue weighted by molar-refractivity contribution is 7.23. The molecule has 0 saturated carbocycles. The molecule has 17 heavy (non-hydrogen) atoms. The maximum atomic E-state index is 4.51. The molecule has 6 heteroatoms. The summed E-state index contributed by atoms with van der Waals surface area (Å²) in [5.74, 6) is 0. The zero-order valence-corrected chi connectivity index (χ0v) is 12.1. The van der Waals surface area contributed by atoms with Gasteiger partial charge in [-0.05, 0) is 27.2 Å². The van der Waals surface area contributed by atoms with E-state index < -0.39 is 0 Å². The first kappa shape index (κ1) is 12.4. The summed E-state index contributed by atoms with van der Waals surface area (Å²) >= 11 is 3.30. The molecule has 2 rings (SSSR count). The highest BCUT2D eigenvalue weighted by atomic mass is 32.1. The Hall–Kier alpha value is -1.01. The molecule has 0 atom stereocenters. The highest BCUT2D eigenvalue weighted by Gasteiger charge is 2.14. The van der Waals surface area contributed by atoms with Gasteiger partial charge in [-0.1, -0.05) is 18.3 Å². The lowest BCUT2D eigenvalue weighted by Gasteiger charge is -2.02. The number of hydrogen-bond acceptors (Lipinski definition) is 6. The average molecular weight is 268 g/mol. The number of nitrogens with one attached hydrogen (secondary N) is 1. The molecule has 92 valence electrons. The van der Waals surface area contributed by atoms with Crippen molar-refractivity contribution in [3.8, 4) is 9.88 Å². The van der Waals surface area contributed by atoms with Gasteiger partial charge >= 0.3 is 0 Å². The van der Waals surface area contributed by atoms with Gasteiger partial charge in [-0.25, -0.2) is 4.98 Å². The van der Waals surface area contributed by atoms with E-state index in [0.29, 0.717) is 6.04 Å². The fraction of sp³-hybridized carbons (Fsp3) is 0.545. The third-order valence-electron chi connectivity index (χ3n) is 2.17. The molecule has 0 aliphatic rings. The van der Waals surface area contributed by atoms with Gasteiger partial charge in [-0.3, -0.25) is 0 Å². The third-order valence-corrected chi connectivity index (χ3v) is 4.48. The lowest BCUT2D eigenvalue weighted by molar-refractivity contribution is 0.888. The fourth-order valence-electron chi connectivity index (χ4n) is 1.42. The fourth-order valence-corrected chi connectivity index (χ4v) is 3.44. The van der Waals surface area contributed by atoms with Gasteiger partial charge < -0.3 is 5.32 Å². The van der Waals surface area contributed by atoms with Crippen LogP contribution in [-0.2, 0) is 6.42 Å². The molecule has 2 aromatic rings. The van der Waals surface area contributed by atoms with Crippen LogP contribution in [0.2, 0.25) is 0 Å². The van der Waals surface area contributed by atoms with Gasteiger partial charge in [-0.2, -0.15) is 0 Å². The van der Waals surface area contributed by atoms with Crippen LogP contribution in [-0.4, -0.2) is 21.2 Å². The summed E-state index contributed by atoms with van der Waals surface area (Å²) in [7, 11) is 0. The lowest BCUT2D eigenvalue weighted by atomic mass is 10.4. The van der Waals surface area contributed by atoms with E-state index in [2.05, 4.69) is 41.3 Å². The van der Waals surface area contributed by atoms with Crippen molar-refractivity contribution in [3.05, 3.63) is 10.7 Å². The monoisotopic (exact) mass is 268 g/mol. The van der Waals surface area contributed by atoms with Crippen molar-refractivity contribution in [2.24, 2.45) is 0 Å². The summed E-state index contributed by atoms with van der Waals surface area (Å²) in [5.41, 5.74) is 1.05. The summed E-state index contributed by atoms with van der Waals surface area (Å²) < 4.78 is 0. The Morgan fingerprint density at radius 1 is 1.24 bits per heavy atom. The number of nitrogens with zero attached hydrogens (tertiary/aromatic N) is 3. The zero-order chi connectivity index (χ0) is 12.4. The molecule has 2 aromatic heterocycles. The molecule has 0 amide bonds. The smallest absolute Gasteiger partial charge is 0.206 e. The van der Waals surface area contributed by atoms with Crippen molar-refractivity contribution < 1.29 is 0 Å². The van der Waals surface area contributed by atoms with E-state index in [9.17, 15) is 0 Å². The van der Waals surface area contributed by atoms with Crippen LogP contribution in [0.5, 0.6) is 0 Å². The first-order valence-electron chi connectivity index (χ1n) is 5.66. The Balaban J connectivity index is 2.26. The molecule has 4 nitrogen and oxygen atoms in total. The van der Waals surface area contributed by atoms with E-state index in [1.807, 2.05) is 6.92 Å². The molecule has 0 unspecified atom stereocenters. The van der Waals surface area contributed by atoms with E-state index in [1.165, 1.54) is 0 Å². The van der Waals surface area contributed by atoms with E-state index in [1.54, 1.807) is 22.7 Å². The Bertz CT molecular complexity index is 501. The minimum Gasteiger partial charge on any atom is -0.358 e. The molecular formula is C11H16N4S2. The van der Waals surface area contributed by atoms with Crippen LogP contribution >= 0.6 is 22.7 Å². The summed E-state index contributed by atoms with van der Waals surface area (Å²) in [5, 5.41) is 14.6. The summed E-state index contributed by atoms with van der Waals surface area (Å²) in [4.78, 5) is 5.66. The lowest BCUT2D eigenvalue weighted by Crippen LogP contribution is -2.08. The minimum atomic E-state index is 0.379. The largest absolute Gasteiger partial charge is 0.358 e. The Labute approximate surface area is 109 Å². The van der Waals surface area contributed by atoms with Crippen molar-refractivity contribution in [2.75, 3.05) is 5.32 Å². The van der Waals surface area contributed by atoms with Crippen LogP contribution in [0.15, 0.2) is 0 Å². The van der Waals surface area contributed by atoms with E-state index in [0.717, 1.165) is 32.1 Å². The second-order valence-corrected chi connectivity index (χ2v) is 6.15. The van der Waals surface area contributed by atoms with Gasteiger partial charge in [0.25, 0.3) is 0 Å². The Kier molecular flexibility index (Phi) is 3.73. The molecule has 0 saturated heterocycles. The SMILES string of the molecule is CCc1nc(C)c(-c2nnc(NC(C)C)s2)s1. The quantitative estimate of drug-likeness (QED) is 0.924. The van der Waals surface area contributed by atoms with Gasteiger partial charge in [0, 0.05) is 6.04 Å². The van der Waals surface area contributed by atoms with E-state index >= 15 is 0 Å². The van der Waals surface area contributed by atoms with Crippen LogP contribution in [0, 0.1) is 6.92 Å². The number of aromatic nitrogens is 3. The summed E-state index contributed by atoms with van der Waals surface area (Å²) in [6.45, 7) is 8.33. The van der Waals surface area contributed by atoms with Crippen LogP contribution in [0.1, 0.15) is 31.5 Å². The molecule has 0 spiro atoms. The molecule has 0 fully saturated rings. The van der Waals surface area contributed by atoms with Gasteiger partial charge in [0.2, 0.25) is 5.13 Å². The molecule has 1 N–H and O–H groups in total. The average Bonchev–Trinajstić information content (AvgIpc) is 2.83. The van der Waals surface area contributed by atoms with Crippen molar-refractivity contribution >= 4 is 27.8 Å². The molecule has 0 aliphatic heterocycles. The van der Waals surface area contributed by atoms with Crippen LogP contribution in [0.25, 0.3) is 9.88 Å². The number of aryl methyl sites for hydroxylation is 2. The first-order valence-corrected chi connectivity index (χ1v) is 7.30. The van der Waals surface area contributed by atoms with Gasteiger partial charge in [0.15, 0.2) is 5.01 Å². The van der Waals surface area contributed by atoms with Crippen molar-refractivity contribution in [1.29, 1.82) is 0 Å². The predicted octanol–water partition coefficient (Wildman–Crippen LogP) is 3.35. The van der Waals surface area contributed by atoms with Crippen molar-refractivity contribution in [3.63, 3.8) is 0 Å². The van der Waals surface area contributed by atoms with Crippen molar-refractivity contribution in [2.45, 2.75) is 40.2 Å². The van der Waals surface area contributed by atoms with Crippen LogP contribution in [0.4, 0.5) is 5.13 Å².